The number of hydrogen-bond acceptors (Lipinski definition) is 5. The van der Waals surface area contributed by atoms with Gasteiger partial charge >= 0.3 is 0 Å². The van der Waals surface area contributed by atoms with E-state index >= 15 is 0 Å². The molecule has 0 radical (unpaired) electrons. The van der Waals surface area contributed by atoms with Crippen LogP contribution in [0.25, 0.3) is 10.4 Å². The molecule has 0 bridgehead atoms. The molecule has 90 valence electrons. The molecule has 0 saturated heterocycles. The van der Waals surface area contributed by atoms with Crippen LogP contribution in [-0.2, 0) is 10.0 Å². The zero-order chi connectivity index (χ0) is 12.6. The smallest absolute Gasteiger partial charge is 0.247 e. The molecule has 0 fully saturated rings. The van der Waals surface area contributed by atoms with Crippen LogP contribution in [0.4, 0.5) is 0 Å². The molecule has 0 unspecified atom stereocenters. The summed E-state index contributed by atoms with van der Waals surface area (Å²) in [4.78, 5) is 0.643. The third kappa shape index (κ3) is 2.41. The van der Waals surface area contributed by atoms with E-state index in [1.165, 1.54) is 18.2 Å². The summed E-state index contributed by atoms with van der Waals surface area (Å²) >= 11 is 1.00. The number of phenolic OH excluding ortho intramolecular Hbond substituents is 2. The molecule has 0 amide bonds. The molecular formula is C10H9NO4S2. The molecule has 17 heavy (non-hydrogen) atoms. The van der Waals surface area contributed by atoms with E-state index in [4.69, 9.17) is 10.2 Å². The fourth-order valence-corrected chi connectivity index (χ4v) is 3.03. The van der Waals surface area contributed by atoms with Crippen LogP contribution in [0.15, 0.2) is 34.5 Å². The van der Waals surface area contributed by atoms with Gasteiger partial charge in [0, 0.05) is 4.88 Å². The van der Waals surface area contributed by atoms with Gasteiger partial charge in [0.05, 0.1) is 0 Å². The standard InChI is InChI=1S/C10H9NO4S2/c11-17(14,15)10-4-3-9(16-10)6-1-2-7(12)8(13)5-6/h1-5,12-13H,(H2,11,14,15). The molecule has 1 heterocycles. The van der Waals surface area contributed by atoms with Gasteiger partial charge in [-0.25, -0.2) is 13.6 Å². The van der Waals surface area contributed by atoms with Crippen molar-refractivity contribution in [3.05, 3.63) is 30.3 Å². The van der Waals surface area contributed by atoms with Crippen molar-refractivity contribution in [1.29, 1.82) is 0 Å². The van der Waals surface area contributed by atoms with E-state index in [-0.39, 0.29) is 15.7 Å². The molecule has 1 aromatic carbocycles. The minimum absolute atomic E-state index is 0.0556. The Balaban J connectivity index is 2.47. The zero-order valence-corrected chi connectivity index (χ0v) is 10.1. The highest BCUT2D eigenvalue weighted by molar-refractivity contribution is 7.91. The molecular weight excluding hydrogens is 262 g/mol. The number of aromatic hydroxyl groups is 2. The number of nitrogens with two attached hydrogens (primary N) is 1. The number of benzene rings is 1. The highest BCUT2D eigenvalue weighted by Gasteiger charge is 2.12. The first-order valence-electron chi connectivity index (χ1n) is 4.53. The van der Waals surface area contributed by atoms with Crippen molar-refractivity contribution in [2.45, 2.75) is 4.21 Å². The lowest BCUT2D eigenvalue weighted by Gasteiger charge is -2.00. The molecule has 1 aromatic heterocycles. The molecule has 0 aliphatic rings. The van der Waals surface area contributed by atoms with Crippen molar-refractivity contribution < 1.29 is 18.6 Å². The van der Waals surface area contributed by atoms with Crippen molar-refractivity contribution in [3.63, 3.8) is 0 Å². The highest BCUT2D eigenvalue weighted by Crippen LogP contribution is 2.34. The molecule has 2 aromatic rings. The average Bonchev–Trinajstić information content (AvgIpc) is 2.70. The number of hydrogen-bond donors (Lipinski definition) is 3. The van der Waals surface area contributed by atoms with E-state index in [0.717, 1.165) is 11.3 Å². The van der Waals surface area contributed by atoms with E-state index in [0.29, 0.717) is 10.4 Å². The van der Waals surface area contributed by atoms with Gasteiger partial charge in [-0.3, -0.25) is 0 Å². The van der Waals surface area contributed by atoms with Gasteiger partial charge in [-0.15, -0.1) is 11.3 Å². The molecule has 5 nitrogen and oxygen atoms in total. The van der Waals surface area contributed by atoms with Crippen molar-refractivity contribution in [1.82, 2.24) is 0 Å². The van der Waals surface area contributed by atoms with Crippen LogP contribution < -0.4 is 5.14 Å². The molecule has 0 aliphatic carbocycles. The molecule has 0 spiro atoms. The van der Waals surface area contributed by atoms with Crippen LogP contribution in [0.1, 0.15) is 0 Å². The lowest BCUT2D eigenvalue weighted by molar-refractivity contribution is 0.404. The second-order valence-corrected chi connectivity index (χ2v) is 6.24. The number of thiophene rings is 1. The molecule has 0 atom stereocenters. The van der Waals surface area contributed by atoms with Gasteiger partial charge in [0.15, 0.2) is 11.5 Å². The van der Waals surface area contributed by atoms with Crippen LogP contribution >= 0.6 is 11.3 Å². The van der Waals surface area contributed by atoms with Crippen LogP contribution in [0.3, 0.4) is 0 Å². The predicted molar refractivity (Wildman–Crippen MR) is 64.5 cm³/mol. The Morgan fingerprint density at radius 2 is 1.76 bits per heavy atom. The minimum atomic E-state index is -3.70. The fraction of sp³-hybridized carbons (Fsp3) is 0. The largest absolute Gasteiger partial charge is 0.504 e. The molecule has 0 aliphatic heterocycles. The van der Waals surface area contributed by atoms with Crippen molar-refractivity contribution in [2.24, 2.45) is 5.14 Å². The molecule has 2 rings (SSSR count). The van der Waals surface area contributed by atoms with Crippen molar-refractivity contribution in [2.75, 3.05) is 0 Å². The Hall–Kier alpha value is -1.57. The SMILES string of the molecule is NS(=O)(=O)c1ccc(-c2ccc(O)c(O)c2)s1. The van der Waals surface area contributed by atoms with E-state index in [1.807, 2.05) is 0 Å². The Morgan fingerprint density at radius 3 is 2.29 bits per heavy atom. The van der Waals surface area contributed by atoms with Crippen molar-refractivity contribution in [3.8, 4) is 21.9 Å². The van der Waals surface area contributed by atoms with E-state index < -0.39 is 10.0 Å². The third-order valence-electron chi connectivity index (χ3n) is 2.12. The Morgan fingerprint density at radius 1 is 1.06 bits per heavy atom. The summed E-state index contributed by atoms with van der Waals surface area (Å²) in [6, 6.07) is 7.26. The van der Waals surface area contributed by atoms with Gasteiger partial charge in [-0.05, 0) is 35.9 Å². The summed E-state index contributed by atoms with van der Waals surface area (Å²) in [5.41, 5.74) is 0.611. The average molecular weight is 271 g/mol. The van der Waals surface area contributed by atoms with E-state index in [1.54, 1.807) is 12.1 Å². The first kappa shape index (κ1) is 11.9. The van der Waals surface area contributed by atoms with Crippen molar-refractivity contribution >= 4 is 21.4 Å². The van der Waals surface area contributed by atoms with Crippen LogP contribution in [0.2, 0.25) is 0 Å². The topological polar surface area (TPSA) is 101 Å². The predicted octanol–water partition coefficient (Wildman–Crippen LogP) is 1.47. The summed E-state index contributed by atoms with van der Waals surface area (Å²) in [6.07, 6.45) is 0. The van der Waals surface area contributed by atoms with Gasteiger partial charge in [0.25, 0.3) is 0 Å². The highest BCUT2D eigenvalue weighted by atomic mass is 32.2. The molecule has 7 heteroatoms. The first-order valence-corrected chi connectivity index (χ1v) is 6.89. The Bertz CT molecular complexity index is 661. The summed E-state index contributed by atoms with van der Waals surface area (Å²) in [6.45, 7) is 0. The molecule has 4 N–H and O–H groups in total. The summed E-state index contributed by atoms with van der Waals surface area (Å²) in [7, 11) is -3.70. The van der Waals surface area contributed by atoms with E-state index in [2.05, 4.69) is 0 Å². The normalized spacial score (nSPS) is 11.6. The Labute approximate surface area is 102 Å². The number of phenols is 2. The summed E-state index contributed by atoms with van der Waals surface area (Å²) in [5.74, 6) is -0.481. The van der Waals surface area contributed by atoms with E-state index in [9.17, 15) is 13.5 Å². The maximum Gasteiger partial charge on any atom is 0.247 e. The number of sulfonamides is 1. The fourth-order valence-electron chi connectivity index (χ4n) is 1.30. The van der Waals surface area contributed by atoms with Crippen LogP contribution in [-0.4, -0.2) is 18.6 Å². The Kier molecular flexibility index (Phi) is 2.82. The van der Waals surface area contributed by atoms with Gasteiger partial charge in [-0.1, -0.05) is 0 Å². The number of rotatable bonds is 2. The first-order chi connectivity index (χ1) is 7.88. The van der Waals surface area contributed by atoms with Crippen LogP contribution in [0, 0.1) is 0 Å². The summed E-state index contributed by atoms with van der Waals surface area (Å²) in [5, 5.41) is 23.5. The van der Waals surface area contributed by atoms with Gasteiger partial charge in [0.1, 0.15) is 4.21 Å². The van der Waals surface area contributed by atoms with Gasteiger partial charge in [0.2, 0.25) is 10.0 Å². The quantitative estimate of drug-likeness (QED) is 0.720. The van der Waals surface area contributed by atoms with Gasteiger partial charge in [-0.2, -0.15) is 0 Å². The minimum Gasteiger partial charge on any atom is -0.504 e. The second kappa shape index (κ2) is 4.02. The summed E-state index contributed by atoms with van der Waals surface area (Å²) < 4.78 is 22.3. The van der Waals surface area contributed by atoms with Gasteiger partial charge < -0.3 is 10.2 Å². The second-order valence-electron chi connectivity index (χ2n) is 3.37. The monoisotopic (exact) mass is 271 g/mol. The lowest BCUT2D eigenvalue weighted by atomic mass is 10.2. The lowest BCUT2D eigenvalue weighted by Crippen LogP contribution is -2.09. The van der Waals surface area contributed by atoms with Crippen LogP contribution in [0.5, 0.6) is 11.5 Å². The maximum atomic E-state index is 11.1. The maximum absolute atomic E-state index is 11.1. The zero-order valence-electron chi connectivity index (χ0n) is 8.49. The number of primary sulfonamides is 1. The molecule has 0 saturated carbocycles. The third-order valence-corrected chi connectivity index (χ3v) is 4.69.